The van der Waals surface area contributed by atoms with E-state index in [1.165, 1.54) is 35.0 Å². The molecule has 0 aliphatic rings. The Morgan fingerprint density at radius 2 is 1.81 bits per heavy atom. The van der Waals surface area contributed by atoms with Gasteiger partial charge in [0.15, 0.2) is 5.82 Å². The summed E-state index contributed by atoms with van der Waals surface area (Å²) in [6, 6.07) is 12.0. The number of hydrogen-bond donors (Lipinski definition) is 2. The highest BCUT2D eigenvalue weighted by atomic mass is 19.3. The smallest absolute Gasteiger partial charge is 0.295 e. The highest BCUT2D eigenvalue weighted by molar-refractivity contribution is 6.05. The first kappa shape index (κ1) is 20.6. The summed E-state index contributed by atoms with van der Waals surface area (Å²) in [5.41, 5.74) is 1.98. The second-order valence-corrected chi connectivity index (χ2v) is 8.16. The third kappa shape index (κ3) is 4.16. The molecule has 0 fully saturated rings. The van der Waals surface area contributed by atoms with Crippen molar-refractivity contribution in [1.82, 2.24) is 19.7 Å². The summed E-state index contributed by atoms with van der Waals surface area (Å²) in [6.07, 6.45) is -2.73. The molecule has 4 aromatic rings. The maximum Gasteiger partial charge on any atom is 0.295 e. The Morgan fingerprint density at radius 1 is 1.10 bits per heavy atom. The molecule has 2 heterocycles. The van der Waals surface area contributed by atoms with Crippen molar-refractivity contribution in [3.8, 4) is 5.69 Å². The highest BCUT2D eigenvalue weighted by Gasteiger charge is 2.22. The van der Waals surface area contributed by atoms with E-state index in [0.717, 1.165) is 5.69 Å². The van der Waals surface area contributed by atoms with Crippen LogP contribution in [-0.4, -0.2) is 25.7 Å². The zero-order valence-electron chi connectivity index (χ0n) is 17.1. The number of halogens is 3. The van der Waals surface area contributed by atoms with Crippen LogP contribution < -0.4 is 5.32 Å². The van der Waals surface area contributed by atoms with Crippen LogP contribution in [-0.2, 0) is 5.41 Å². The van der Waals surface area contributed by atoms with Crippen molar-refractivity contribution < 1.29 is 18.0 Å². The number of rotatable bonds is 4. The predicted octanol–water partition coefficient (Wildman–Crippen LogP) is 5.38. The summed E-state index contributed by atoms with van der Waals surface area (Å²) in [6.45, 7) is 5.97. The maximum atomic E-state index is 13.4. The van der Waals surface area contributed by atoms with Gasteiger partial charge in [-0.05, 0) is 42.5 Å². The minimum Gasteiger partial charge on any atom is -0.337 e. The van der Waals surface area contributed by atoms with Crippen molar-refractivity contribution in [2.45, 2.75) is 32.6 Å². The maximum absolute atomic E-state index is 13.4. The number of carbonyl (C=O) groups is 1. The van der Waals surface area contributed by atoms with Crippen LogP contribution in [0.2, 0.25) is 0 Å². The van der Waals surface area contributed by atoms with Gasteiger partial charge in [0, 0.05) is 17.0 Å². The van der Waals surface area contributed by atoms with E-state index in [2.05, 4.69) is 20.4 Å². The van der Waals surface area contributed by atoms with Gasteiger partial charge in [-0.1, -0.05) is 20.8 Å². The molecule has 2 N–H and O–H groups in total. The molecule has 6 nitrogen and oxygen atoms in total. The number of alkyl halides is 2. The molecule has 0 aliphatic heterocycles. The second kappa shape index (κ2) is 7.57. The van der Waals surface area contributed by atoms with Crippen LogP contribution in [0.5, 0.6) is 0 Å². The zero-order chi connectivity index (χ0) is 22.3. The van der Waals surface area contributed by atoms with Crippen molar-refractivity contribution in [2.24, 2.45) is 0 Å². The van der Waals surface area contributed by atoms with Gasteiger partial charge in [0.25, 0.3) is 12.3 Å². The first-order chi connectivity index (χ1) is 14.6. The Balaban J connectivity index is 1.69. The molecular weight excluding hydrogens is 407 g/mol. The minimum atomic E-state index is -2.73. The summed E-state index contributed by atoms with van der Waals surface area (Å²) in [5, 5.41) is 7.39. The number of anilines is 1. The summed E-state index contributed by atoms with van der Waals surface area (Å²) in [5.74, 6) is -0.872. The van der Waals surface area contributed by atoms with Gasteiger partial charge in [-0.15, -0.1) is 0 Å². The third-order valence-electron chi connectivity index (χ3n) is 4.76. The van der Waals surface area contributed by atoms with Crippen molar-refractivity contribution in [2.75, 3.05) is 5.32 Å². The summed E-state index contributed by atoms with van der Waals surface area (Å²) < 4.78 is 40.6. The van der Waals surface area contributed by atoms with Crippen LogP contribution >= 0.6 is 0 Å². The molecule has 9 heteroatoms. The quantitative estimate of drug-likeness (QED) is 0.459. The van der Waals surface area contributed by atoms with Gasteiger partial charge in [-0.2, -0.15) is 5.10 Å². The van der Waals surface area contributed by atoms with Gasteiger partial charge in [0.05, 0.1) is 22.4 Å². The van der Waals surface area contributed by atoms with Crippen LogP contribution in [0.3, 0.4) is 0 Å². The Hall–Kier alpha value is -3.62. The monoisotopic (exact) mass is 427 g/mol. The molecule has 0 aliphatic carbocycles. The first-order valence-corrected chi connectivity index (χ1v) is 9.57. The molecule has 2 aromatic heterocycles. The number of amides is 1. The molecule has 0 unspecified atom stereocenters. The fraction of sp³-hybridized carbons (Fsp3) is 0.227. The van der Waals surface area contributed by atoms with E-state index in [4.69, 9.17) is 0 Å². The lowest BCUT2D eigenvalue weighted by Crippen LogP contribution is -2.15. The van der Waals surface area contributed by atoms with Gasteiger partial charge < -0.3 is 10.3 Å². The fourth-order valence-corrected chi connectivity index (χ4v) is 3.08. The standard InChI is InChI=1S/C22H20F3N5O/c1-22(2,3)17-11-18(30(29-17)14-7-5-13(23)6-8-14)28-21(31)12-4-9-15-16(10-12)27-20(26-15)19(24)25/h4-11,19H,1-3H3,(H,26,27)(H,28,31). The lowest BCUT2D eigenvalue weighted by Gasteiger charge is -2.14. The van der Waals surface area contributed by atoms with Crippen molar-refractivity contribution >= 4 is 22.8 Å². The molecule has 0 bridgehead atoms. The number of aromatic amines is 1. The summed E-state index contributed by atoms with van der Waals surface area (Å²) in [7, 11) is 0. The average Bonchev–Trinajstić information content (AvgIpc) is 3.32. The molecular formula is C22H20F3N5O. The fourth-order valence-electron chi connectivity index (χ4n) is 3.08. The van der Waals surface area contributed by atoms with Gasteiger partial charge in [-0.3, -0.25) is 4.79 Å². The number of benzene rings is 2. The molecule has 0 atom stereocenters. The van der Waals surface area contributed by atoms with Crippen LogP contribution in [0.25, 0.3) is 16.7 Å². The van der Waals surface area contributed by atoms with E-state index < -0.39 is 18.2 Å². The zero-order valence-corrected chi connectivity index (χ0v) is 17.1. The number of fused-ring (bicyclic) bond motifs is 1. The number of H-pyrrole nitrogens is 1. The van der Waals surface area contributed by atoms with E-state index in [-0.39, 0.29) is 16.8 Å². The van der Waals surface area contributed by atoms with Crippen molar-refractivity contribution in [3.05, 3.63) is 71.4 Å². The topological polar surface area (TPSA) is 75.6 Å². The normalized spacial score (nSPS) is 12.0. The molecule has 0 spiro atoms. The SMILES string of the molecule is CC(C)(C)c1cc(NC(=O)c2ccc3nc(C(F)F)[nH]c3c2)n(-c2ccc(F)cc2)n1. The lowest BCUT2D eigenvalue weighted by molar-refractivity contribution is 0.102. The Bertz CT molecular complexity index is 1250. The van der Waals surface area contributed by atoms with E-state index in [1.54, 1.807) is 18.2 Å². The molecule has 0 saturated carbocycles. The van der Waals surface area contributed by atoms with Gasteiger partial charge in [0.1, 0.15) is 11.6 Å². The van der Waals surface area contributed by atoms with Crippen LogP contribution in [0, 0.1) is 5.82 Å². The van der Waals surface area contributed by atoms with E-state index in [1.807, 2.05) is 20.8 Å². The molecule has 4 rings (SSSR count). The average molecular weight is 427 g/mol. The number of nitrogens with one attached hydrogen (secondary N) is 2. The third-order valence-corrected chi connectivity index (χ3v) is 4.76. The summed E-state index contributed by atoms with van der Waals surface area (Å²) in [4.78, 5) is 19.2. The summed E-state index contributed by atoms with van der Waals surface area (Å²) >= 11 is 0. The van der Waals surface area contributed by atoms with Crippen LogP contribution in [0.4, 0.5) is 19.0 Å². The largest absolute Gasteiger partial charge is 0.337 e. The highest BCUT2D eigenvalue weighted by Crippen LogP contribution is 2.27. The minimum absolute atomic E-state index is 0.265. The van der Waals surface area contributed by atoms with E-state index >= 15 is 0 Å². The Kier molecular flexibility index (Phi) is 5.04. The number of nitrogens with zero attached hydrogens (tertiary/aromatic N) is 3. The number of aromatic nitrogens is 4. The van der Waals surface area contributed by atoms with Crippen LogP contribution in [0.15, 0.2) is 48.5 Å². The van der Waals surface area contributed by atoms with Gasteiger partial charge in [-0.25, -0.2) is 22.8 Å². The van der Waals surface area contributed by atoms with Crippen molar-refractivity contribution in [1.29, 1.82) is 0 Å². The number of hydrogen-bond acceptors (Lipinski definition) is 3. The lowest BCUT2D eigenvalue weighted by atomic mass is 9.92. The predicted molar refractivity (Wildman–Crippen MR) is 111 cm³/mol. The molecule has 31 heavy (non-hydrogen) atoms. The van der Waals surface area contributed by atoms with Gasteiger partial charge in [0.2, 0.25) is 0 Å². The van der Waals surface area contributed by atoms with Gasteiger partial charge >= 0.3 is 0 Å². The molecule has 0 saturated heterocycles. The first-order valence-electron chi connectivity index (χ1n) is 9.57. The molecule has 2 aromatic carbocycles. The molecule has 0 radical (unpaired) electrons. The van der Waals surface area contributed by atoms with Crippen LogP contribution in [0.1, 0.15) is 49.1 Å². The molecule has 160 valence electrons. The number of imidazole rings is 1. The second-order valence-electron chi connectivity index (χ2n) is 8.16. The van der Waals surface area contributed by atoms with Crippen molar-refractivity contribution in [3.63, 3.8) is 0 Å². The van der Waals surface area contributed by atoms with E-state index in [9.17, 15) is 18.0 Å². The Morgan fingerprint density at radius 3 is 2.45 bits per heavy atom. The number of carbonyl (C=O) groups excluding carboxylic acids is 1. The molecule has 1 amide bonds. The van der Waals surface area contributed by atoms with E-state index in [0.29, 0.717) is 22.5 Å². The Labute approximate surface area is 176 Å².